The van der Waals surface area contributed by atoms with Crippen LogP contribution in [0.3, 0.4) is 0 Å². The van der Waals surface area contributed by atoms with Crippen LogP contribution in [0.2, 0.25) is 5.02 Å². The third kappa shape index (κ3) is 4.88. The topological polar surface area (TPSA) is 58.2 Å². The maximum Gasteiger partial charge on any atom is 0.269 e. The van der Waals surface area contributed by atoms with Gasteiger partial charge in [-0.15, -0.1) is 0 Å². The second-order valence-corrected chi connectivity index (χ2v) is 5.67. The summed E-state index contributed by atoms with van der Waals surface area (Å²) < 4.78 is 0.945. The molecule has 0 aliphatic heterocycles. The maximum atomic E-state index is 11.8. The quantitative estimate of drug-likeness (QED) is 0.819. The summed E-state index contributed by atoms with van der Waals surface area (Å²) in [6.45, 7) is 0. The van der Waals surface area contributed by atoms with Crippen LogP contribution < -0.4 is 10.9 Å². The van der Waals surface area contributed by atoms with Crippen molar-refractivity contribution in [2.45, 2.75) is 6.42 Å². The molecule has 0 heterocycles. The molecule has 0 unspecified atom stereocenters. The number of hydrogen-bond acceptors (Lipinski definition) is 2. The standard InChI is InChI=1S/C15H12BrClN2O2/c16-12-6-4-10(5-7-12)8-14(20)18-19-15(21)11-2-1-3-13(17)9-11/h1-7,9H,8H2,(H,18,20)(H,19,21). The van der Waals surface area contributed by atoms with E-state index in [1.165, 1.54) is 6.07 Å². The number of carbonyl (C=O) groups excluding carboxylic acids is 2. The first kappa shape index (κ1) is 15.5. The Morgan fingerprint density at radius 2 is 1.76 bits per heavy atom. The molecule has 6 heteroatoms. The molecule has 0 saturated heterocycles. The van der Waals surface area contributed by atoms with Gasteiger partial charge in [0.2, 0.25) is 5.91 Å². The molecule has 0 aromatic heterocycles. The zero-order chi connectivity index (χ0) is 15.2. The van der Waals surface area contributed by atoms with Gasteiger partial charge in [-0.25, -0.2) is 0 Å². The SMILES string of the molecule is O=C(Cc1ccc(Br)cc1)NNC(=O)c1cccc(Cl)c1. The van der Waals surface area contributed by atoms with Gasteiger partial charge < -0.3 is 0 Å². The first-order valence-corrected chi connectivity index (χ1v) is 7.31. The van der Waals surface area contributed by atoms with E-state index >= 15 is 0 Å². The Bertz CT molecular complexity index is 659. The Morgan fingerprint density at radius 3 is 2.43 bits per heavy atom. The maximum absolute atomic E-state index is 11.8. The molecule has 0 saturated carbocycles. The normalized spacial score (nSPS) is 10.0. The fourth-order valence-electron chi connectivity index (χ4n) is 1.66. The van der Waals surface area contributed by atoms with E-state index in [9.17, 15) is 9.59 Å². The van der Waals surface area contributed by atoms with Gasteiger partial charge in [-0.05, 0) is 35.9 Å². The van der Waals surface area contributed by atoms with Crippen LogP contribution in [-0.2, 0) is 11.2 Å². The second kappa shape index (κ2) is 7.24. The summed E-state index contributed by atoms with van der Waals surface area (Å²) >= 11 is 9.13. The van der Waals surface area contributed by atoms with Gasteiger partial charge in [-0.3, -0.25) is 20.4 Å². The van der Waals surface area contributed by atoms with Gasteiger partial charge in [0.1, 0.15) is 0 Å². The number of nitrogens with one attached hydrogen (secondary N) is 2. The van der Waals surface area contributed by atoms with E-state index in [1.54, 1.807) is 18.2 Å². The lowest BCUT2D eigenvalue weighted by Crippen LogP contribution is -2.42. The highest BCUT2D eigenvalue weighted by atomic mass is 79.9. The average molecular weight is 368 g/mol. The van der Waals surface area contributed by atoms with E-state index in [0.717, 1.165) is 10.0 Å². The van der Waals surface area contributed by atoms with Crippen molar-refractivity contribution < 1.29 is 9.59 Å². The summed E-state index contributed by atoms with van der Waals surface area (Å²) in [5.74, 6) is -0.714. The van der Waals surface area contributed by atoms with Crippen LogP contribution in [0.1, 0.15) is 15.9 Å². The lowest BCUT2D eigenvalue weighted by Gasteiger charge is -2.07. The summed E-state index contributed by atoms with van der Waals surface area (Å²) in [4.78, 5) is 23.5. The molecule has 2 aromatic rings. The zero-order valence-corrected chi connectivity index (χ0v) is 13.2. The predicted octanol–water partition coefficient (Wildman–Crippen LogP) is 3.11. The lowest BCUT2D eigenvalue weighted by atomic mass is 10.1. The van der Waals surface area contributed by atoms with E-state index in [2.05, 4.69) is 26.8 Å². The Labute approximate surface area is 135 Å². The molecule has 0 fully saturated rings. The third-order valence-electron chi connectivity index (χ3n) is 2.68. The molecule has 0 atom stereocenters. The molecular formula is C15H12BrClN2O2. The van der Waals surface area contributed by atoms with Crippen molar-refractivity contribution in [2.24, 2.45) is 0 Å². The molecule has 21 heavy (non-hydrogen) atoms. The average Bonchev–Trinajstić information content (AvgIpc) is 2.47. The molecule has 4 nitrogen and oxygen atoms in total. The number of hydrogen-bond donors (Lipinski definition) is 2. The van der Waals surface area contributed by atoms with Crippen molar-refractivity contribution in [3.8, 4) is 0 Å². The fourth-order valence-corrected chi connectivity index (χ4v) is 2.11. The van der Waals surface area contributed by atoms with Gasteiger partial charge >= 0.3 is 0 Å². The van der Waals surface area contributed by atoms with Crippen LogP contribution in [-0.4, -0.2) is 11.8 Å². The number of rotatable bonds is 3. The van der Waals surface area contributed by atoms with E-state index < -0.39 is 5.91 Å². The second-order valence-electron chi connectivity index (χ2n) is 4.32. The molecule has 2 amide bonds. The van der Waals surface area contributed by atoms with Gasteiger partial charge in [-0.2, -0.15) is 0 Å². The summed E-state index contributed by atoms with van der Waals surface area (Å²) in [6.07, 6.45) is 0.184. The number of halogens is 2. The lowest BCUT2D eigenvalue weighted by molar-refractivity contribution is -0.121. The molecular weight excluding hydrogens is 356 g/mol. The monoisotopic (exact) mass is 366 g/mol. The minimum absolute atomic E-state index is 0.184. The number of carbonyl (C=O) groups is 2. The Hall–Kier alpha value is -1.85. The summed E-state index contributed by atoms with van der Waals surface area (Å²) in [7, 11) is 0. The highest BCUT2D eigenvalue weighted by Gasteiger charge is 2.08. The highest BCUT2D eigenvalue weighted by molar-refractivity contribution is 9.10. The van der Waals surface area contributed by atoms with E-state index in [1.807, 2.05) is 24.3 Å². The number of hydrazine groups is 1. The Balaban J connectivity index is 1.86. The van der Waals surface area contributed by atoms with Crippen LogP contribution >= 0.6 is 27.5 Å². The fraction of sp³-hybridized carbons (Fsp3) is 0.0667. The first-order chi connectivity index (χ1) is 10.0. The third-order valence-corrected chi connectivity index (χ3v) is 3.44. The van der Waals surface area contributed by atoms with Crippen molar-refractivity contribution in [3.05, 3.63) is 69.2 Å². The molecule has 108 valence electrons. The molecule has 0 bridgehead atoms. The van der Waals surface area contributed by atoms with Gasteiger partial charge in [0.25, 0.3) is 5.91 Å². The van der Waals surface area contributed by atoms with Gasteiger partial charge in [0.15, 0.2) is 0 Å². The van der Waals surface area contributed by atoms with Crippen LogP contribution in [0.5, 0.6) is 0 Å². The molecule has 2 rings (SSSR count). The van der Waals surface area contributed by atoms with Crippen LogP contribution in [0.25, 0.3) is 0 Å². The molecule has 2 N–H and O–H groups in total. The summed E-state index contributed by atoms with van der Waals surface area (Å²) in [5, 5.41) is 0.462. The van der Waals surface area contributed by atoms with Gasteiger partial charge in [-0.1, -0.05) is 45.7 Å². The van der Waals surface area contributed by atoms with Crippen LogP contribution in [0.4, 0.5) is 0 Å². The number of benzene rings is 2. The summed E-state index contributed by atoms with van der Waals surface area (Å²) in [6, 6.07) is 13.9. The molecule has 0 spiro atoms. The van der Waals surface area contributed by atoms with Crippen LogP contribution in [0.15, 0.2) is 53.0 Å². The van der Waals surface area contributed by atoms with Crippen molar-refractivity contribution in [1.82, 2.24) is 10.9 Å². The van der Waals surface area contributed by atoms with Crippen molar-refractivity contribution in [1.29, 1.82) is 0 Å². The smallest absolute Gasteiger partial charge is 0.269 e. The zero-order valence-electron chi connectivity index (χ0n) is 10.9. The first-order valence-electron chi connectivity index (χ1n) is 6.14. The Morgan fingerprint density at radius 1 is 1.05 bits per heavy atom. The van der Waals surface area contributed by atoms with E-state index in [-0.39, 0.29) is 12.3 Å². The van der Waals surface area contributed by atoms with Crippen LogP contribution in [0, 0.1) is 0 Å². The molecule has 0 aliphatic carbocycles. The highest BCUT2D eigenvalue weighted by Crippen LogP contribution is 2.11. The molecule has 2 aromatic carbocycles. The van der Waals surface area contributed by atoms with E-state index in [4.69, 9.17) is 11.6 Å². The molecule has 0 radical (unpaired) electrons. The van der Waals surface area contributed by atoms with Crippen molar-refractivity contribution >= 4 is 39.3 Å². The Kier molecular flexibility index (Phi) is 5.36. The van der Waals surface area contributed by atoms with Crippen molar-refractivity contribution in [2.75, 3.05) is 0 Å². The van der Waals surface area contributed by atoms with Crippen molar-refractivity contribution in [3.63, 3.8) is 0 Å². The number of amides is 2. The minimum atomic E-state index is -0.415. The van der Waals surface area contributed by atoms with E-state index in [0.29, 0.717) is 10.6 Å². The predicted molar refractivity (Wildman–Crippen MR) is 84.9 cm³/mol. The minimum Gasteiger partial charge on any atom is -0.273 e. The molecule has 0 aliphatic rings. The van der Waals surface area contributed by atoms with Gasteiger partial charge in [0, 0.05) is 15.1 Å². The largest absolute Gasteiger partial charge is 0.273 e. The summed E-state index contributed by atoms with van der Waals surface area (Å²) in [5.41, 5.74) is 5.96. The van der Waals surface area contributed by atoms with Gasteiger partial charge in [0.05, 0.1) is 6.42 Å².